The topological polar surface area (TPSA) is 78.3 Å². The highest BCUT2D eigenvalue weighted by molar-refractivity contribution is 7.98. The van der Waals surface area contributed by atoms with E-state index in [1.807, 2.05) is 38.1 Å². The van der Waals surface area contributed by atoms with Crippen LogP contribution in [0.1, 0.15) is 49.4 Å². The number of anilines is 1. The zero-order valence-electron chi connectivity index (χ0n) is 23.1. The Morgan fingerprint density at radius 2 is 1.81 bits per heavy atom. The molecule has 1 aromatic heterocycles. The highest BCUT2D eigenvalue weighted by Gasteiger charge is 2.35. The molecule has 2 heterocycles. The van der Waals surface area contributed by atoms with Crippen molar-refractivity contribution in [1.82, 2.24) is 14.8 Å². The van der Waals surface area contributed by atoms with Crippen molar-refractivity contribution in [3.63, 3.8) is 0 Å². The zero-order valence-corrected chi connectivity index (χ0v) is 25.4. The van der Waals surface area contributed by atoms with Crippen molar-refractivity contribution in [3.8, 4) is 5.75 Å². The highest BCUT2D eigenvalue weighted by Crippen LogP contribution is 2.38. The summed E-state index contributed by atoms with van der Waals surface area (Å²) < 4.78 is 27.4. The van der Waals surface area contributed by atoms with Gasteiger partial charge in [0.05, 0.1) is 12.2 Å². The molecular weight excluding hydrogens is 598 g/mol. The Morgan fingerprint density at radius 1 is 1.07 bits per heavy atom. The number of fused-ring (bicyclic) bond motifs is 1. The lowest BCUT2D eigenvalue weighted by atomic mass is 9.96. The van der Waals surface area contributed by atoms with Gasteiger partial charge >= 0.3 is 5.97 Å². The summed E-state index contributed by atoms with van der Waals surface area (Å²) in [6.07, 6.45) is 1.67. The number of allylic oxidation sites excluding steroid dienone is 1. The Hall–Kier alpha value is -3.53. The van der Waals surface area contributed by atoms with Gasteiger partial charge in [0, 0.05) is 27.1 Å². The number of halogens is 3. The molecule has 0 bridgehead atoms. The number of nitrogens with zero attached hydrogens (tertiary/aromatic N) is 3. The molecule has 5 rings (SSSR count). The molecule has 7 nitrogen and oxygen atoms in total. The highest BCUT2D eigenvalue weighted by atomic mass is 35.5. The Kier molecular flexibility index (Phi) is 9.72. The fraction of sp³-hybridized carbons (Fsp3) is 0.258. The van der Waals surface area contributed by atoms with Crippen molar-refractivity contribution < 1.29 is 18.7 Å². The van der Waals surface area contributed by atoms with Crippen molar-refractivity contribution >= 4 is 46.9 Å². The summed E-state index contributed by atoms with van der Waals surface area (Å²) in [4.78, 5) is 18.0. The molecule has 0 spiro atoms. The lowest BCUT2D eigenvalue weighted by Gasteiger charge is -2.28. The number of hydrogen-bond acceptors (Lipinski definition) is 7. The second-order valence-electron chi connectivity index (χ2n) is 9.66. The summed E-state index contributed by atoms with van der Waals surface area (Å²) in [6, 6.07) is 18.7. The summed E-state index contributed by atoms with van der Waals surface area (Å²) >= 11 is 13.9. The van der Waals surface area contributed by atoms with E-state index in [9.17, 15) is 9.18 Å². The maximum atomic E-state index is 14.2. The number of nitrogens with one attached hydrogen (secondary N) is 1. The van der Waals surface area contributed by atoms with Gasteiger partial charge in [-0.25, -0.2) is 13.9 Å². The maximum Gasteiger partial charge on any atom is 0.338 e. The van der Waals surface area contributed by atoms with Crippen LogP contribution in [0.15, 0.2) is 83.2 Å². The molecular formula is C31H29Cl2FN4O3S. The predicted octanol–water partition coefficient (Wildman–Crippen LogP) is 8.23. The summed E-state index contributed by atoms with van der Waals surface area (Å²) in [6.45, 7) is 4.38. The van der Waals surface area contributed by atoms with Crippen molar-refractivity contribution in [3.05, 3.63) is 111 Å². The minimum Gasteiger partial charge on any atom is -0.489 e. The molecule has 218 valence electrons. The number of hydrogen-bond donors (Lipinski definition) is 1. The van der Waals surface area contributed by atoms with E-state index in [0.29, 0.717) is 61.7 Å². The molecule has 0 radical (unpaired) electrons. The third-order valence-electron chi connectivity index (χ3n) is 6.74. The summed E-state index contributed by atoms with van der Waals surface area (Å²) in [5.41, 5.74) is 3.11. The van der Waals surface area contributed by atoms with E-state index in [0.717, 1.165) is 18.4 Å². The first-order valence-electron chi connectivity index (χ1n) is 13.5. The Morgan fingerprint density at radius 3 is 2.52 bits per heavy atom. The van der Waals surface area contributed by atoms with Crippen LogP contribution in [0.3, 0.4) is 0 Å². The van der Waals surface area contributed by atoms with Gasteiger partial charge in [0.2, 0.25) is 11.1 Å². The van der Waals surface area contributed by atoms with Crippen LogP contribution in [0, 0.1) is 5.82 Å². The van der Waals surface area contributed by atoms with Gasteiger partial charge in [-0.05, 0) is 54.8 Å². The number of aromatic nitrogens is 3. The first-order chi connectivity index (χ1) is 20.4. The Labute approximate surface area is 258 Å². The number of carbonyl (C=O) groups is 1. The van der Waals surface area contributed by atoms with Crippen molar-refractivity contribution in [2.24, 2.45) is 0 Å². The van der Waals surface area contributed by atoms with Gasteiger partial charge in [0.1, 0.15) is 24.2 Å². The molecule has 0 amide bonds. The SMILES string of the molecule is CCCCOC(=O)C1=C(C)Nc2nc(SCc3ccccc3F)nn2C1c1ccc(OCc2c(Cl)cccc2Cl)cc1. The largest absolute Gasteiger partial charge is 0.489 e. The van der Waals surface area contributed by atoms with Crippen molar-refractivity contribution in [1.29, 1.82) is 0 Å². The van der Waals surface area contributed by atoms with E-state index < -0.39 is 12.0 Å². The molecule has 0 saturated heterocycles. The minimum absolute atomic E-state index is 0.203. The van der Waals surface area contributed by atoms with E-state index >= 15 is 0 Å². The molecule has 42 heavy (non-hydrogen) atoms. The molecule has 0 fully saturated rings. The summed E-state index contributed by atoms with van der Waals surface area (Å²) in [5.74, 6) is 0.747. The first kappa shape index (κ1) is 29.9. The van der Waals surface area contributed by atoms with E-state index in [1.54, 1.807) is 41.1 Å². The normalized spacial score (nSPS) is 14.4. The zero-order chi connectivity index (χ0) is 29.6. The third kappa shape index (κ3) is 6.75. The molecule has 4 aromatic rings. The predicted molar refractivity (Wildman–Crippen MR) is 164 cm³/mol. The van der Waals surface area contributed by atoms with Gasteiger partial charge in [0.25, 0.3) is 0 Å². The van der Waals surface area contributed by atoms with Crippen LogP contribution < -0.4 is 10.1 Å². The maximum absolute atomic E-state index is 14.2. The number of benzene rings is 3. The number of unbranched alkanes of at least 4 members (excludes halogenated alkanes) is 1. The average molecular weight is 628 g/mol. The summed E-state index contributed by atoms with van der Waals surface area (Å²) in [5, 5.41) is 9.43. The quantitative estimate of drug-likeness (QED) is 0.102. The molecule has 1 N–H and O–H groups in total. The van der Waals surface area contributed by atoms with E-state index in [2.05, 4.69) is 10.3 Å². The molecule has 0 saturated carbocycles. The number of ether oxygens (including phenoxy) is 2. The minimum atomic E-state index is -0.599. The van der Waals surface area contributed by atoms with E-state index in [-0.39, 0.29) is 12.4 Å². The van der Waals surface area contributed by atoms with Crippen LogP contribution in [-0.4, -0.2) is 27.3 Å². The van der Waals surface area contributed by atoms with E-state index in [4.69, 9.17) is 37.8 Å². The fourth-order valence-corrected chi connectivity index (χ4v) is 5.80. The Bertz CT molecular complexity index is 1590. The smallest absolute Gasteiger partial charge is 0.338 e. The molecule has 11 heteroatoms. The van der Waals surface area contributed by atoms with Crippen LogP contribution >= 0.6 is 35.0 Å². The summed E-state index contributed by atoms with van der Waals surface area (Å²) in [7, 11) is 0. The van der Waals surface area contributed by atoms with Crippen LogP contribution in [0.25, 0.3) is 0 Å². The van der Waals surface area contributed by atoms with Crippen LogP contribution in [0.4, 0.5) is 10.3 Å². The molecule has 0 aliphatic carbocycles. The molecule has 1 atom stereocenters. The molecule has 1 aliphatic heterocycles. The second kappa shape index (κ2) is 13.6. The van der Waals surface area contributed by atoms with Gasteiger partial charge in [-0.15, -0.1) is 5.10 Å². The Balaban J connectivity index is 1.42. The third-order valence-corrected chi connectivity index (χ3v) is 8.33. The van der Waals surface area contributed by atoms with Gasteiger partial charge in [-0.2, -0.15) is 4.98 Å². The number of thioether (sulfide) groups is 1. The molecule has 1 aliphatic rings. The number of carbonyl (C=O) groups excluding carboxylic acids is 1. The lowest BCUT2D eigenvalue weighted by Crippen LogP contribution is -2.29. The van der Waals surface area contributed by atoms with E-state index in [1.165, 1.54) is 17.8 Å². The monoisotopic (exact) mass is 626 g/mol. The fourth-order valence-electron chi connectivity index (χ4n) is 4.48. The van der Waals surface area contributed by atoms with Gasteiger partial charge in [0.15, 0.2) is 0 Å². The van der Waals surface area contributed by atoms with Crippen LogP contribution in [0.5, 0.6) is 5.75 Å². The van der Waals surface area contributed by atoms with Crippen LogP contribution in [-0.2, 0) is 21.9 Å². The van der Waals surface area contributed by atoms with Gasteiger partial charge in [-0.3, -0.25) is 0 Å². The molecule has 3 aromatic carbocycles. The first-order valence-corrected chi connectivity index (χ1v) is 15.2. The van der Waals surface area contributed by atoms with Gasteiger partial charge < -0.3 is 14.8 Å². The van der Waals surface area contributed by atoms with Crippen molar-refractivity contribution in [2.75, 3.05) is 11.9 Å². The molecule has 1 unspecified atom stereocenters. The van der Waals surface area contributed by atoms with Crippen molar-refractivity contribution in [2.45, 2.75) is 50.2 Å². The number of rotatable bonds is 11. The average Bonchev–Trinajstić information content (AvgIpc) is 3.38. The lowest BCUT2D eigenvalue weighted by molar-refractivity contribution is -0.139. The second-order valence-corrected chi connectivity index (χ2v) is 11.4. The standard InChI is InChI=1S/C31H29Cl2FN4O3S/c1-3-4-16-40-29(39)27-19(2)35-30-36-31(42-18-21-8-5-6-11-26(21)34)37-38(30)28(27)20-12-14-22(15-13-20)41-17-23-24(32)9-7-10-25(23)33/h5-15,28H,3-4,16-18H2,1-2H3,(H,35,36,37). The van der Waals surface area contributed by atoms with Crippen LogP contribution in [0.2, 0.25) is 10.0 Å². The van der Waals surface area contributed by atoms with Gasteiger partial charge in [-0.1, -0.05) is 84.7 Å². The number of esters is 1.